The van der Waals surface area contributed by atoms with Crippen LogP contribution in [0.1, 0.15) is 26.2 Å². The summed E-state index contributed by atoms with van der Waals surface area (Å²) < 4.78 is 0. The van der Waals surface area contributed by atoms with E-state index in [4.69, 9.17) is 5.73 Å². The van der Waals surface area contributed by atoms with Gasteiger partial charge in [0.2, 0.25) is 11.8 Å². The van der Waals surface area contributed by atoms with Crippen molar-refractivity contribution < 1.29 is 4.92 Å². The molecule has 21 heavy (non-hydrogen) atoms. The Balaban J connectivity index is 1.92. The largest absolute Gasteiger partial charge is 0.368 e. The summed E-state index contributed by atoms with van der Waals surface area (Å²) in [5, 5.41) is 11.2. The molecule has 0 bridgehead atoms. The fourth-order valence-corrected chi connectivity index (χ4v) is 3.37. The van der Waals surface area contributed by atoms with Crippen LogP contribution in [0.2, 0.25) is 0 Å². The average Bonchev–Trinajstić information content (AvgIpc) is 2.46. The van der Waals surface area contributed by atoms with Crippen molar-refractivity contribution in [3.63, 3.8) is 0 Å². The Morgan fingerprint density at radius 2 is 2.24 bits per heavy atom. The number of nitrogen functional groups attached to an aromatic ring is 1. The van der Waals surface area contributed by atoms with E-state index >= 15 is 0 Å². The molecular weight excluding hydrogens is 272 g/mol. The quantitative estimate of drug-likeness (QED) is 0.641. The lowest BCUT2D eigenvalue weighted by atomic mass is 9.97. The lowest BCUT2D eigenvalue weighted by Crippen LogP contribution is -2.59. The zero-order valence-electron chi connectivity index (χ0n) is 12.1. The van der Waals surface area contributed by atoms with Gasteiger partial charge in [-0.3, -0.25) is 15.0 Å². The van der Waals surface area contributed by atoms with Crippen LogP contribution in [-0.2, 0) is 0 Å². The summed E-state index contributed by atoms with van der Waals surface area (Å²) in [6.07, 6.45) is 4.80. The van der Waals surface area contributed by atoms with E-state index in [2.05, 4.69) is 21.8 Å². The second kappa shape index (κ2) is 5.44. The molecule has 2 unspecified atom stereocenters. The Labute approximate surface area is 123 Å². The number of anilines is 2. The highest BCUT2D eigenvalue weighted by molar-refractivity contribution is 5.59. The number of hydrogen-bond acceptors (Lipinski definition) is 7. The second-order valence-electron chi connectivity index (χ2n) is 5.84. The van der Waals surface area contributed by atoms with Gasteiger partial charge < -0.3 is 10.6 Å². The molecule has 114 valence electrons. The van der Waals surface area contributed by atoms with Gasteiger partial charge in [0, 0.05) is 25.2 Å². The third-order valence-corrected chi connectivity index (χ3v) is 4.42. The van der Waals surface area contributed by atoms with Crippen molar-refractivity contribution >= 4 is 17.5 Å². The summed E-state index contributed by atoms with van der Waals surface area (Å²) in [6.45, 7) is 4.87. The number of piperidine rings is 1. The molecule has 2 atom stereocenters. The predicted octanol–water partition coefficient (Wildman–Crippen LogP) is 1.03. The van der Waals surface area contributed by atoms with Gasteiger partial charge in [0.05, 0.1) is 4.92 Å². The number of nitrogens with zero attached hydrogens (tertiary/aromatic N) is 5. The minimum absolute atomic E-state index is 0.0692. The molecule has 8 nitrogen and oxygen atoms in total. The van der Waals surface area contributed by atoms with Gasteiger partial charge in [-0.25, -0.2) is 4.98 Å². The lowest BCUT2D eigenvalue weighted by molar-refractivity contribution is -0.384. The normalized spacial score (nSPS) is 26.4. The number of nitrogens with two attached hydrogens (primary N) is 1. The van der Waals surface area contributed by atoms with Crippen LogP contribution in [0.25, 0.3) is 0 Å². The van der Waals surface area contributed by atoms with E-state index in [1.807, 2.05) is 4.90 Å². The van der Waals surface area contributed by atoms with E-state index in [1.54, 1.807) is 0 Å². The van der Waals surface area contributed by atoms with Crippen molar-refractivity contribution in [1.29, 1.82) is 0 Å². The summed E-state index contributed by atoms with van der Waals surface area (Å²) in [7, 11) is 0. The number of piperazine rings is 1. The first kappa shape index (κ1) is 14.0. The lowest BCUT2D eigenvalue weighted by Gasteiger charge is -2.47. The maximum atomic E-state index is 11.2. The number of nitro groups is 1. The van der Waals surface area contributed by atoms with Crippen LogP contribution in [0.4, 0.5) is 17.5 Å². The average molecular weight is 292 g/mol. The van der Waals surface area contributed by atoms with Gasteiger partial charge in [-0.1, -0.05) is 6.42 Å². The molecule has 3 heterocycles. The molecule has 0 aromatic carbocycles. The minimum atomic E-state index is -0.436. The summed E-state index contributed by atoms with van der Waals surface area (Å²) in [5.74, 6) is 0.430. The van der Waals surface area contributed by atoms with Crippen molar-refractivity contribution in [2.75, 3.05) is 30.3 Å². The van der Waals surface area contributed by atoms with Gasteiger partial charge in [-0.2, -0.15) is 4.98 Å². The van der Waals surface area contributed by atoms with Gasteiger partial charge in [-0.05, 0) is 26.3 Å². The molecule has 3 rings (SSSR count). The maximum absolute atomic E-state index is 11.2. The molecule has 0 saturated carbocycles. The van der Waals surface area contributed by atoms with Gasteiger partial charge in [0.25, 0.3) is 0 Å². The number of fused-ring (bicyclic) bond motifs is 1. The second-order valence-corrected chi connectivity index (χ2v) is 5.84. The van der Waals surface area contributed by atoms with Crippen LogP contribution < -0.4 is 10.6 Å². The van der Waals surface area contributed by atoms with E-state index in [1.165, 1.54) is 19.0 Å². The zero-order valence-corrected chi connectivity index (χ0v) is 12.1. The van der Waals surface area contributed by atoms with E-state index in [9.17, 15) is 10.1 Å². The fraction of sp³-hybridized carbons (Fsp3) is 0.692. The monoisotopic (exact) mass is 292 g/mol. The van der Waals surface area contributed by atoms with Crippen LogP contribution in [0, 0.1) is 10.1 Å². The summed E-state index contributed by atoms with van der Waals surface area (Å²) >= 11 is 0. The third kappa shape index (κ3) is 2.63. The summed E-state index contributed by atoms with van der Waals surface area (Å²) in [5.41, 5.74) is 5.56. The van der Waals surface area contributed by atoms with Gasteiger partial charge in [0.1, 0.15) is 6.20 Å². The molecule has 0 radical (unpaired) electrons. The number of hydrogen-bond donors (Lipinski definition) is 1. The molecule has 0 spiro atoms. The van der Waals surface area contributed by atoms with Crippen LogP contribution in [0.15, 0.2) is 6.20 Å². The summed E-state index contributed by atoms with van der Waals surface area (Å²) in [4.78, 5) is 23.2. The van der Waals surface area contributed by atoms with Crippen LogP contribution in [0.3, 0.4) is 0 Å². The van der Waals surface area contributed by atoms with Crippen molar-refractivity contribution in [2.24, 2.45) is 0 Å². The molecule has 1 aromatic heterocycles. The highest BCUT2D eigenvalue weighted by Gasteiger charge is 2.36. The first-order valence-corrected chi connectivity index (χ1v) is 7.34. The third-order valence-electron chi connectivity index (χ3n) is 4.42. The Kier molecular flexibility index (Phi) is 3.62. The van der Waals surface area contributed by atoms with Crippen molar-refractivity contribution in [3.8, 4) is 0 Å². The summed E-state index contributed by atoms with van der Waals surface area (Å²) in [6, 6.07) is 0.623. The van der Waals surface area contributed by atoms with Gasteiger partial charge in [0.15, 0.2) is 0 Å². The molecule has 2 fully saturated rings. The van der Waals surface area contributed by atoms with E-state index in [0.29, 0.717) is 11.9 Å². The van der Waals surface area contributed by atoms with Crippen LogP contribution >= 0.6 is 0 Å². The predicted molar refractivity (Wildman–Crippen MR) is 79.1 cm³/mol. The van der Waals surface area contributed by atoms with Crippen molar-refractivity contribution in [2.45, 2.75) is 38.3 Å². The van der Waals surface area contributed by atoms with E-state index in [-0.39, 0.29) is 17.7 Å². The molecule has 2 N–H and O–H groups in total. The first-order chi connectivity index (χ1) is 10.1. The van der Waals surface area contributed by atoms with Crippen molar-refractivity contribution in [1.82, 2.24) is 14.9 Å². The highest BCUT2D eigenvalue weighted by Crippen LogP contribution is 2.32. The molecule has 8 heteroatoms. The molecule has 2 saturated heterocycles. The van der Waals surface area contributed by atoms with Gasteiger partial charge in [-0.15, -0.1) is 0 Å². The smallest absolute Gasteiger partial charge is 0.329 e. The molecule has 0 aliphatic carbocycles. The number of aromatic nitrogens is 2. The molecule has 2 aliphatic rings. The Morgan fingerprint density at radius 1 is 1.43 bits per heavy atom. The highest BCUT2D eigenvalue weighted by atomic mass is 16.6. The van der Waals surface area contributed by atoms with Crippen LogP contribution in [-0.4, -0.2) is 51.5 Å². The molecule has 2 aliphatic heterocycles. The molecule has 0 amide bonds. The van der Waals surface area contributed by atoms with E-state index in [0.717, 1.165) is 26.1 Å². The Morgan fingerprint density at radius 3 is 3.00 bits per heavy atom. The van der Waals surface area contributed by atoms with Crippen LogP contribution in [0.5, 0.6) is 0 Å². The Bertz CT molecular complexity index is 551. The Hall–Kier alpha value is -1.96. The molecule has 1 aromatic rings. The van der Waals surface area contributed by atoms with E-state index < -0.39 is 4.92 Å². The maximum Gasteiger partial charge on any atom is 0.329 e. The van der Waals surface area contributed by atoms with Gasteiger partial charge >= 0.3 is 5.69 Å². The standard InChI is InChI=1S/C13H20N6O2/c1-9-7-17-5-3-2-4-10(17)8-18(9)12-11(19(20)21)6-15-13(14)16-12/h6,9-10H,2-5,7-8H2,1H3,(H2,14,15,16). The topological polar surface area (TPSA) is 101 Å². The SMILES string of the molecule is CC1CN2CCCCC2CN1c1nc(N)ncc1[N+](=O)[O-]. The van der Waals surface area contributed by atoms with Crippen molar-refractivity contribution in [3.05, 3.63) is 16.3 Å². The zero-order chi connectivity index (χ0) is 15.0. The number of rotatable bonds is 2. The molecular formula is C13H20N6O2. The fourth-order valence-electron chi connectivity index (χ4n) is 3.37. The first-order valence-electron chi connectivity index (χ1n) is 7.34. The minimum Gasteiger partial charge on any atom is -0.368 e.